The predicted octanol–water partition coefficient (Wildman–Crippen LogP) is 5.13. The van der Waals surface area contributed by atoms with Crippen molar-refractivity contribution in [1.29, 1.82) is 0 Å². The van der Waals surface area contributed by atoms with Crippen molar-refractivity contribution in [3.05, 3.63) is 53.6 Å². The second-order valence-electron chi connectivity index (χ2n) is 12.3. The maximum absolute atomic E-state index is 15.9. The highest BCUT2D eigenvalue weighted by Gasteiger charge is 2.38. The van der Waals surface area contributed by atoms with Crippen LogP contribution in [-0.4, -0.2) is 73.1 Å². The fraction of sp³-hybridized carbons (Fsp3) is 0.484. The van der Waals surface area contributed by atoms with Gasteiger partial charge < -0.3 is 35.1 Å². The third-order valence-electron chi connectivity index (χ3n) is 8.37. The molecule has 1 aromatic heterocycles. The van der Waals surface area contributed by atoms with Gasteiger partial charge in [0.2, 0.25) is 5.13 Å². The molecule has 0 aliphatic carbocycles. The van der Waals surface area contributed by atoms with Gasteiger partial charge in [-0.15, -0.1) is 0 Å². The van der Waals surface area contributed by atoms with Crippen LogP contribution in [0.15, 0.2) is 41.6 Å². The molecule has 4 rings (SSSR count). The number of ether oxygens (including phenoxy) is 3. The molecule has 48 heavy (non-hydrogen) atoms. The average Bonchev–Trinajstić information content (AvgIpc) is 3.55. The number of aromatic nitrogens is 2. The number of hydrogen-bond donors (Lipinski definition) is 4. The summed E-state index contributed by atoms with van der Waals surface area (Å²) in [4.78, 5) is 26.0. The molecule has 3 aromatic rings. The summed E-state index contributed by atoms with van der Waals surface area (Å²) in [6.07, 6.45) is 0.0393. The quantitative estimate of drug-likeness (QED) is 0.164. The molecule has 1 aliphatic rings. The fourth-order valence-corrected chi connectivity index (χ4v) is 8.10. The van der Waals surface area contributed by atoms with E-state index in [1.54, 1.807) is 25.1 Å². The van der Waals surface area contributed by atoms with E-state index in [1.165, 1.54) is 26.6 Å². The van der Waals surface area contributed by atoms with Crippen LogP contribution in [0, 0.1) is 17.2 Å². The molecule has 0 saturated carbocycles. The molecule has 3 atom stereocenters. The lowest BCUT2D eigenvalue weighted by atomic mass is 9.74. The highest BCUT2D eigenvalue weighted by molar-refractivity contribution is 7.93. The van der Waals surface area contributed by atoms with Crippen LogP contribution < -0.4 is 29.1 Å². The summed E-state index contributed by atoms with van der Waals surface area (Å²) in [6, 6.07) is 6.69. The van der Waals surface area contributed by atoms with Crippen LogP contribution in [0.25, 0.3) is 0 Å². The van der Waals surface area contributed by atoms with Gasteiger partial charge in [0.15, 0.2) is 0 Å². The van der Waals surface area contributed by atoms with E-state index in [4.69, 9.17) is 19.3 Å². The first-order valence-corrected chi connectivity index (χ1v) is 17.3. The van der Waals surface area contributed by atoms with Gasteiger partial charge in [-0.25, -0.2) is 31.7 Å². The smallest absolute Gasteiger partial charge is 0.404 e. The van der Waals surface area contributed by atoms with Crippen LogP contribution in [0.2, 0.25) is 0 Å². The summed E-state index contributed by atoms with van der Waals surface area (Å²) in [5, 5.41) is 23.3. The second-order valence-corrected chi connectivity index (χ2v) is 14.8. The van der Waals surface area contributed by atoms with E-state index in [-0.39, 0.29) is 29.9 Å². The van der Waals surface area contributed by atoms with Crippen molar-refractivity contribution in [2.24, 2.45) is 11.3 Å². The second kappa shape index (κ2) is 15.2. The molecule has 3 unspecified atom stereocenters. The van der Waals surface area contributed by atoms with E-state index >= 15 is 4.39 Å². The molecule has 2 heterocycles. The first-order chi connectivity index (χ1) is 22.6. The Morgan fingerprint density at radius 1 is 1.19 bits per heavy atom. The summed E-state index contributed by atoms with van der Waals surface area (Å²) in [7, 11) is -1.58. The maximum Gasteiger partial charge on any atom is 0.404 e. The molecule has 1 aliphatic heterocycles. The van der Waals surface area contributed by atoms with Crippen molar-refractivity contribution < 1.29 is 46.8 Å². The Bertz CT molecular complexity index is 1710. The fourth-order valence-electron chi connectivity index (χ4n) is 5.87. The van der Waals surface area contributed by atoms with E-state index in [0.717, 1.165) is 21.9 Å². The van der Waals surface area contributed by atoms with Crippen molar-refractivity contribution in [3.8, 4) is 17.2 Å². The molecule has 0 fully saturated rings. The number of methoxy groups -OCH3 is 2. The summed E-state index contributed by atoms with van der Waals surface area (Å²) in [5.74, 6) is -0.354. The standard InChI is InChI=1S/C31H40FN5O9S2/c1-18(36-30(40)41)22(15-31(2,3)10-11-33-29(38)39)24-9-7-19-12-27(23(32)14-26(19)46-24)48(42,43)37(28-34-17-35-47-28)16-20-6-8-21(44-4)13-25(20)45-5/h6,8,12-14,17-18,22,24,33,36H,7,9-11,15-16H2,1-5H3,(H,38,39)(H,40,41). The molecular weight excluding hydrogens is 669 g/mol. The van der Waals surface area contributed by atoms with E-state index in [9.17, 15) is 23.1 Å². The van der Waals surface area contributed by atoms with E-state index in [0.29, 0.717) is 48.3 Å². The van der Waals surface area contributed by atoms with Gasteiger partial charge >= 0.3 is 12.2 Å². The average molecular weight is 710 g/mol. The summed E-state index contributed by atoms with van der Waals surface area (Å²) in [5.41, 5.74) is 0.557. The van der Waals surface area contributed by atoms with Crippen LogP contribution in [0.5, 0.6) is 17.2 Å². The van der Waals surface area contributed by atoms with Crippen LogP contribution in [0.1, 0.15) is 51.2 Å². The number of amides is 2. The number of nitrogens with one attached hydrogen (secondary N) is 2. The minimum absolute atomic E-state index is 0.0326. The first-order valence-electron chi connectivity index (χ1n) is 15.1. The lowest BCUT2D eigenvalue weighted by Crippen LogP contribution is -2.47. The van der Waals surface area contributed by atoms with Crippen molar-refractivity contribution in [1.82, 2.24) is 20.0 Å². The molecule has 4 N–H and O–H groups in total. The number of hydrogen-bond acceptors (Lipinski definition) is 10. The highest BCUT2D eigenvalue weighted by atomic mass is 32.2. The number of sulfonamides is 1. The van der Waals surface area contributed by atoms with Gasteiger partial charge in [-0.2, -0.15) is 4.37 Å². The molecule has 0 bridgehead atoms. The number of fused-ring (bicyclic) bond motifs is 1. The zero-order valence-corrected chi connectivity index (χ0v) is 28.9. The Morgan fingerprint density at radius 3 is 2.56 bits per heavy atom. The number of carbonyl (C=O) groups is 2. The van der Waals surface area contributed by atoms with E-state index < -0.39 is 50.5 Å². The van der Waals surface area contributed by atoms with Crippen molar-refractivity contribution >= 4 is 38.9 Å². The summed E-state index contributed by atoms with van der Waals surface area (Å²) in [6.45, 7) is 5.62. The summed E-state index contributed by atoms with van der Waals surface area (Å²) < 4.78 is 66.0. The molecular formula is C31H40FN5O9S2. The van der Waals surface area contributed by atoms with Crippen LogP contribution in [-0.2, 0) is 23.0 Å². The monoisotopic (exact) mass is 709 g/mol. The third kappa shape index (κ3) is 8.74. The largest absolute Gasteiger partial charge is 0.497 e. The lowest BCUT2D eigenvalue weighted by Gasteiger charge is -2.39. The van der Waals surface area contributed by atoms with Gasteiger partial charge in [-0.3, -0.25) is 0 Å². The topological polar surface area (TPSA) is 190 Å². The highest BCUT2D eigenvalue weighted by Crippen LogP contribution is 2.40. The van der Waals surface area contributed by atoms with E-state index in [1.807, 2.05) is 13.8 Å². The number of halogens is 1. The molecule has 2 amide bonds. The zero-order valence-electron chi connectivity index (χ0n) is 27.2. The summed E-state index contributed by atoms with van der Waals surface area (Å²) >= 11 is 0.841. The van der Waals surface area contributed by atoms with Gasteiger partial charge in [0.25, 0.3) is 10.0 Å². The van der Waals surface area contributed by atoms with Crippen molar-refractivity contribution in [2.75, 3.05) is 25.1 Å². The van der Waals surface area contributed by atoms with Crippen molar-refractivity contribution in [2.45, 2.75) is 70.0 Å². The normalized spacial score (nSPS) is 15.8. The zero-order chi connectivity index (χ0) is 35.2. The Labute approximate surface area is 282 Å². The van der Waals surface area contributed by atoms with Crippen molar-refractivity contribution in [3.63, 3.8) is 0 Å². The Morgan fingerprint density at radius 2 is 1.94 bits per heavy atom. The number of carboxylic acid groups (broad SMARTS) is 2. The third-order valence-corrected chi connectivity index (χ3v) is 10.9. The van der Waals surface area contributed by atoms with Crippen LogP contribution >= 0.6 is 11.5 Å². The Hall–Kier alpha value is -4.38. The molecule has 0 saturated heterocycles. The number of benzene rings is 2. The van der Waals surface area contributed by atoms with Gasteiger partial charge in [-0.05, 0) is 61.8 Å². The Balaban J connectivity index is 1.64. The number of anilines is 1. The van der Waals surface area contributed by atoms with E-state index in [2.05, 4.69) is 20.0 Å². The lowest BCUT2D eigenvalue weighted by molar-refractivity contribution is 0.0585. The molecule has 14 nitrogen and oxygen atoms in total. The van der Waals surface area contributed by atoms with Gasteiger partial charge in [-0.1, -0.05) is 13.8 Å². The molecule has 0 radical (unpaired) electrons. The predicted molar refractivity (Wildman–Crippen MR) is 175 cm³/mol. The van der Waals surface area contributed by atoms with Gasteiger partial charge in [0.1, 0.15) is 40.4 Å². The molecule has 2 aromatic carbocycles. The molecule has 0 spiro atoms. The number of rotatable bonds is 15. The number of aryl methyl sites for hydroxylation is 1. The first kappa shape index (κ1) is 36.5. The molecule has 17 heteroatoms. The van der Waals surface area contributed by atoms with Crippen LogP contribution in [0.4, 0.5) is 19.1 Å². The van der Waals surface area contributed by atoms with Gasteiger partial charge in [0.05, 0.1) is 20.8 Å². The Kier molecular flexibility index (Phi) is 11.6. The SMILES string of the molecule is COc1ccc(CN(c2ncns2)S(=O)(=O)c2cc3c(cc2F)OC(C(CC(C)(C)CCNC(=O)O)C(C)NC(=O)O)CC3)c(OC)c1. The maximum atomic E-state index is 15.9. The molecule has 262 valence electrons. The minimum Gasteiger partial charge on any atom is -0.497 e. The van der Waals surface area contributed by atoms with Crippen LogP contribution in [0.3, 0.4) is 0 Å². The minimum atomic E-state index is -4.52. The number of nitrogens with zero attached hydrogens (tertiary/aromatic N) is 3. The van der Waals surface area contributed by atoms with Gasteiger partial charge in [0, 0.05) is 47.7 Å².